The van der Waals surface area contributed by atoms with Gasteiger partial charge in [-0.15, -0.1) is 0 Å². The second kappa shape index (κ2) is 8.42. The maximum absolute atomic E-state index is 12.6. The zero-order valence-corrected chi connectivity index (χ0v) is 15.1. The predicted molar refractivity (Wildman–Crippen MR) is 98.1 cm³/mol. The molecule has 5 heteroatoms. The third kappa shape index (κ3) is 5.14. The van der Waals surface area contributed by atoms with Crippen molar-refractivity contribution >= 4 is 11.8 Å². The summed E-state index contributed by atoms with van der Waals surface area (Å²) >= 11 is 0. The van der Waals surface area contributed by atoms with Gasteiger partial charge in [-0.3, -0.25) is 14.6 Å². The molecule has 2 unspecified atom stereocenters. The number of amides is 2. The maximum atomic E-state index is 12.6. The normalized spacial score (nSPS) is 13.2. The minimum Gasteiger partial charge on any atom is -0.348 e. The topological polar surface area (TPSA) is 71.1 Å². The lowest BCUT2D eigenvalue weighted by Gasteiger charge is -2.24. The summed E-state index contributed by atoms with van der Waals surface area (Å²) < 4.78 is 0. The Morgan fingerprint density at radius 3 is 2.08 bits per heavy atom. The number of nitrogens with one attached hydrogen (secondary N) is 2. The van der Waals surface area contributed by atoms with E-state index >= 15 is 0 Å². The lowest BCUT2D eigenvalue weighted by molar-refractivity contribution is -0.124. The zero-order chi connectivity index (χ0) is 18.4. The molecule has 0 aliphatic carbocycles. The fourth-order valence-electron chi connectivity index (χ4n) is 2.50. The summed E-state index contributed by atoms with van der Waals surface area (Å²) in [7, 11) is 0. The van der Waals surface area contributed by atoms with Crippen molar-refractivity contribution < 1.29 is 9.59 Å². The first-order valence-electron chi connectivity index (χ1n) is 8.46. The smallest absolute Gasteiger partial charge is 0.251 e. The van der Waals surface area contributed by atoms with E-state index in [1.54, 1.807) is 24.5 Å². The fourth-order valence-corrected chi connectivity index (χ4v) is 2.50. The maximum Gasteiger partial charge on any atom is 0.251 e. The molecule has 2 amide bonds. The van der Waals surface area contributed by atoms with Crippen LogP contribution < -0.4 is 10.6 Å². The molecule has 5 nitrogen and oxygen atoms in total. The molecular weight excluding hydrogens is 314 g/mol. The molecule has 2 aromatic rings. The van der Waals surface area contributed by atoms with E-state index < -0.39 is 6.04 Å². The highest BCUT2D eigenvalue weighted by Crippen LogP contribution is 2.12. The quantitative estimate of drug-likeness (QED) is 0.850. The van der Waals surface area contributed by atoms with Crippen LogP contribution in [0.5, 0.6) is 0 Å². The van der Waals surface area contributed by atoms with E-state index in [0.29, 0.717) is 5.56 Å². The number of hydrogen-bond donors (Lipinski definition) is 2. The van der Waals surface area contributed by atoms with Gasteiger partial charge in [0.25, 0.3) is 5.91 Å². The Kier molecular flexibility index (Phi) is 6.28. The Hall–Kier alpha value is -2.69. The molecule has 0 spiro atoms. The molecule has 0 aliphatic heterocycles. The van der Waals surface area contributed by atoms with Crippen LogP contribution in [0.1, 0.15) is 48.3 Å². The van der Waals surface area contributed by atoms with Crippen LogP contribution in [-0.2, 0) is 4.79 Å². The Bertz CT molecular complexity index is 711. The van der Waals surface area contributed by atoms with Crippen molar-refractivity contribution in [3.8, 4) is 0 Å². The van der Waals surface area contributed by atoms with Crippen LogP contribution in [-0.4, -0.2) is 22.8 Å². The van der Waals surface area contributed by atoms with Gasteiger partial charge in [0, 0.05) is 18.0 Å². The van der Waals surface area contributed by atoms with E-state index in [0.717, 1.165) is 11.1 Å². The fraction of sp³-hybridized carbons (Fsp3) is 0.350. The monoisotopic (exact) mass is 339 g/mol. The molecule has 1 aromatic heterocycles. The van der Waals surface area contributed by atoms with Crippen molar-refractivity contribution in [2.45, 2.75) is 39.8 Å². The molecule has 2 rings (SSSR count). The molecule has 2 N–H and O–H groups in total. The van der Waals surface area contributed by atoms with Crippen molar-refractivity contribution in [3.63, 3.8) is 0 Å². The van der Waals surface area contributed by atoms with E-state index in [4.69, 9.17) is 0 Å². The first-order chi connectivity index (χ1) is 11.9. The van der Waals surface area contributed by atoms with Gasteiger partial charge in [0.15, 0.2) is 0 Å². The van der Waals surface area contributed by atoms with Gasteiger partial charge in [-0.05, 0) is 49.6 Å². The van der Waals surface area contributed by atoms with Crippen LogP contribution in [0.25, 0.3) is 0 Å². The summed E-state index contributed by atoms with van der Waals surface area (Å²) in [5, 5.41) is 5.81. The lowest BCUT2D eigenvalue weighted by Crippen LogP contribution is -2.50. The first-order valence-corrected chi connectivity index (χ1v) is 8.46. The molecule has 25 heavy (non-hydrogen) atoms. The Balaban J connectivity index is 2.05. The number of nitrogens with zero attached hydrogens (tertiary/aromatic N) is 1. The van der Waals surface area contributed by atoms with Crippen LogP contribution >= 0.6 is 0 Å². The third-order valence-electron chi connectivity index (χ3n) is 4.11. The van der Waals surface area contributed by atoms with Gasteiger partial charge in [-0.2, -0.15) is 0 Å². The highest BCUT2D eigenvalue weighted by Gasteiger charge is 2.25. The first kappa shape index (κ1) is 18.6. The largest absolute Gasteiger partial charge is 0.348 e. The minimum atomic E-state index is -0.599. The molecule has 0 radical (unpaired) electrons. The highest BCUT2D eigenvalue weighted by molar-refractivity contribution is 5.97. The van der Waals surface area contributed by atoms with E-state index in [1.165, 1.54) is 0 Å². The summed E-state index contributed by atoms with van der Waals surface area (Å²) in [6, 6.07) is 10.3. The molecule has 0 saturated heterocycles. The van der Waals surface area contributed by atoms with Crippen molar-refractivity contribution in [1.82, 2.24) is 15.6 Å². The van der Waals surface area contributed by atoms with Crippen LogP contribution in [0.2, 0.25) is 0 Å². The molecule has 0 saturated carbocycles. The second-order valence-electron chi connectivity index (χ2n) is 6.57. The van der Waals surface area contributed by atoms with E-state index in [1.807, 2.05) is 52.0 Å². The summed E-state index contributed by atoms with van der Waals surface area (Å²) in [6.45, 7) is 7.70. The molecule has 2 atom stereocenters. The molecule has 1 heterocycles. The van der Waals surface area contributed by atoms with Crippen LogP contribution in [0.3, 0.4) is 0 Å². The third-order valence-corrected chi connectivity index (χ3v) is 4.11. The summed E-state index contributed by atoms with van der Waals surface area (Å²) in [5.74, 6) is -0.468. The zero-order valence-electron chi connectivity index (χ0n) is 15.1. The molecule has 132 valence electrons. The van der Waals surface area contributed by atoms with Gasteiger partial charge >= 0.3 is 0 Å². The SMILES string of the molecule is Cc1ccc(C(=O)NC(C(=O)NC(C)c2ccncc2)C(C)C)cc1. The van der Waals surface area contributed by atoms with Crippen molar-refractivity contribution in [2.75, 3.05) is 0 Å². The van der Waals surface area contributed by atoms with Gasteiger partial charge in [-0.25, -0.2) is 0 Å². The number of hydrogen-bond acceptors (Lipinski definition) is 3. The average Bonchev–Trinajstić information content (AvgIpc) is 2.60. The Labute approximate surface area is 148 Å². The average molecular weight is 339 g/mol. The van der Waals surface area contributed by atoms with Gasteiger partial charge in [0.2, 0.25) is 5.91 Å². The molecule has 0 bridgehead atoms. The number of carbonyl (C=O) groups excluding carboxylic acids is 2. The number of aryl methyl sites for hydroxylation is 1. The number of benzene rings is 1. The van der Waals surface area contributed by atoms with E-state index in [9.17, 15) is 9.59 Å². The molecule has 0 fully saturated rings. The van der Waals surface area contributed by atoms with Gasteiger partial charge in [0.1, 0.15) is 6.04 Å². The van der Waals surface area contributed by atoms with Crippen LogP contribution in [0.15, 0.2) is 48.8 Å². The summed E-state index contributed by atoms with van der Waals surface area (Å²) in [4.78, 5) is 29.1. The Morgan fingerprint density at radius 1 is 0.920 bits per heavy atom. The summed E-state index contributed by atoms with van der Waals surface area (Å²) in [6.07, 6.45) is 3.38. The molecule has 0 aliphatic rings. The van der Waals surface area contributed by atoms with E-state index in [-0.39, 0.29) is 23.8 Å². The molecular formula is C20H25N3O2. The van der Waals surface area contributed by atoms with E-state index in [2.05, 4.69) is 15.6 Å². The lowest BCUT2D eigenvalue weighted by atomic mass is 10.0. The number of aromatic nitrogens is 1. The predicted octanol–water partition coefficient (Wildman–Crippen LogP) is 3.02. The van der Waals surface area contributed by atoms with Gasteiger partial charge < -0.3 is 10.6 Å². The number of carbonyl (C=O) groups is 2. The standard InChI is InChI=1S/C20H25N3O2/c1-13(2)18(23-19(24)17-7-5-14(3)6-8-17)20(25)22-15(4)16-9-11-21-12-10-16/h5-13,15,18H,1-4H3,(H,22,25)(H,23,24). The van der Waals surface area contributed by atoms with Crippen LogP contribution in [0.4, 0.5) is 0 Å². The molecule has 1 aromatic carbocycles. The highest BCUT2D eigenvalue weighted by atomic mass is 16.2. The van der Waals surface area contributed by atoms with Crippen molar-refractivity contribution in [1.29, 1.82) is 0 Å². The van der Waals surface area contributed by atoms with Crippen molar-refractivity contribution in [3.05, 3.63) is 65.5 Å². The Morgan fingerprint density at radius 2 is 1.52 bits per heavy atom. The van der Waals surface area contributed by atoms with Gasteiger partial charge in [-0.1, -0.05) is 31.5 Å². The second-order valence-corrected chi connectivity index (χ2v) is 6.57. The summed E-state index contributed by atoms with van der Waals surface area (Å²) in [5.41, 5.74) is 2.60. The van der Waals surface area contributed by atoms with Gasteiger partial charge in [0.05, 0.1) is 6.04 Å². The number of rotatable bonds is 6. The minimum absolute atomic E-state index is 0.0287. The van der Waals surface area contributed by atoms with Crippen LogP contribution in [0, 0.1) is 12.8 Å². The van der Waals surface area contributed by atoms with Crippen molar-refractivity contribution in [2.24, 2.45) is 5.92 Å². The number of pyridine rings is 1.